The second-order valence-electron chi connectivity index (χ2n) is 12.8. The number of likely N-dealkylation sites (N-methyl/N-ethyl adjacent to an activating group) is 1. The van der Waals surface area contributed by atoms with Crippen LogP contribution in [0.3, 0.4) is 0 Å². The quantitative estimate of drug-likeness (QED) is 0.124. The maximum Gasteiger partial charge on any atom is 0.315 e. The lowest BCUT2D eigenvalue weighted by Gasteiger charge is -2.21. The monoisotopic (exact) mass is 670 g/mol. The molecule has 2 fully saturated rings. The van der Waals surface area contributed by atoms with Gasteiger partial charge in [-0.1, -0.05) is 92.8 Å². The van der Waals surface area contributed by atoms with Gasteiger partial charge in [0, 0.05) is 25.6 Å². The predicted octanol–water partition coefficient (Wildman–Crippen LogP) is 3.60. The molecule has 0 radical (unpaired) electrons. The molecule has 1 aliphatic heterocycles. The third kappa shape index (κ3) is 8.18. The summed E-state index contributed by atoms with van der Waals surface area (Å²) in [5, 5.41) is 33.6. The first kappa shape index (κ1) is 34.3. The molecular formula is C36H46N8O5. The lowest BCUT2D eigenvalue weighted by Crippen LogP contribution is -2.42. The minimum absolute atomic E-state index is 0.0148. The van der Waals surface area contributed by atoms with Crippen LogP contribution in [0.25, 0.3) is 11.2 Å². The third-order valence-electron chi connectivity index (χ3n) is 9.44. The minimum atomic E-state index is -1.45. The van der Waals surface area contributed by atoms with Crippen LogP contribution < -0.4 is 21.3 Å². The average Bonchev–Trinajstić information content (AvgIpc) is 3.68. The number of nitrogens with one attached hydrogen (secondary N) is 4. The number of aliphatic hydroxyl groups excluding tert-OH is 2. The van der Waals surface area contributed by atoms with Crippen molar-refractivity contribution in [3.05, 3.63) is 83.9 Å². The zero-order valence-electron chi connectivity index (χ0n) is 27.8. The molecule has 4 atom stereocenters. The Morgan fingerprint density at radius 2 is 1.61 bits per heavy atom. The summed E-state index contributed by atoms with van der Waals surface area (Å²) in [5.74, 6) is 0.861. The molecule has 6 N–H and O–H groups in total. The molecule has 3 amide bonds. The number of aliphatic hydroxyl groups is 2. The fourth-order valence-electron chi connectivity index (χ4n) is 6.82. The van der Waals surface area contributed by atoms with E-state index >= 15 is 0 Å². The Bertz CT molecular complexity index is 1640. The summed E-state index contributed by atoms with van der Waals surface area (Å²) in [5.41, 5.74) is 2.97. The van der Waals surface area contributed by atoms with Gasteiger partial charge in [-0.05, 0) is 30.4 Å². The maximum absolute atomic E-state index is 12.8. The first-order valence-electron chi connectivity index (χ1n) is 17.3. The summed E-state index contributed by atoms with van der Waals surface area (Å²) in [6, 6.07) is 20.0. The highest BCUT2D eigenvalue weighted by atomic mass is 16.6. The van der Waals surface area contributed by atoms with Crippen molar-refractivity contribution >= 4 is 28.9 Å². The largest absolute Gasteiger partial charge is 0.387 e. The molecule has 3 heterocycles. The van der Waals surface area contributed by atoms with E-state index in [1.165, 1.54) is 43.0 Å². The number of urea groups is 1. The van der Waals surface area contributed by atoms with Crippen LogP contribution >= 0.6 is 0 Å². The number of benzene rings is 2. The standard InChI is InChI=1S/C36H46N8O5/c1-2-37-34(47)31-29(45)30(46)35(49-31)44-22-41-28-32(39-20-26(24-14-8-4-9-15-24)25-16-10-5-11-17-25)42-27(43-33(28)44)21-40-36(48)38-19-18-23-12-6-3-7-13-23/h4-5,8-11,14-17,22-23,26,29-31,35,45-46H,2-3,6-7,12-13,18-21H2,1H3,(H,37,47)(H2,38,40,48)(H,39,42,43)/t29-,30+,31-,35+/m0/s1. The molecule has 1 saturated carbocycles. The van der Waals surface area contributed by atoms with Crippen molar-refractivity contribution in [2.45, 2.75) is 82.5 Å². The topological polar surface area (TPSA) is 176 Å². The van der Waals surface area contributed by atoms with Crippen LogP contribution in [0.15, 0.2) is 67.0 Å². The number of hydrogen-bond acceptors (Lipinski definition) is 9. The van der Waals surface area contributed by atoms with Crippen LogP contribution in [0.2, 0.25) is 0 Å². The zero-order valence-corrected chi connectivity index (χ0v) is 27.8. The average molecular weight is 671 g/mol. The number of nitrogens with zero attached hydrogens (tertiary/aromatic N) is 4. The van der Waals surface area contributed by atoms with Gasteiger partial charge in [0.1, 0.15) is 12.2 Å². The van der Waals surface area contributed by atoms with E-state index in [1.807, 2.05) is 36.4 Å². The van der Waals surface area contributed by atoms with Crippen molar-refractivity contribution in [2.75, 3.05) is 25.0 Å². The normalized spacial score (nSPS) is 21.1. The molecule has 0 bridgehead atoms. The van der Waals surface area contributed by atoms with Crippen molar-refractivity contribution in [1.29, 1.82) is 0 Å². The molecule has 4 aromatic rings. The van der Waals surface area contributed by atoms with Gasteiger partial charge in [-0.25, -0.2) is 19.7 Å². The summed E-state index contributed by atoms with van der Waals surface area (Å²) in [4.78, 5) is 39.4. The van der Waals surface area contributed by atoms with Gasteiger partial charge in [-0.3, -0.25) is 9.36 Å². The first-order valence-corrected chi connectivity index (χ1v) is 17.3. The minimum Gasteiger partial charge on any atom is -0.387 e. The van der Waals surface area contributed by atoms with Crippen LogP contribution in [0.1, 0.15) is 74.5 Å². The number of fused-ring (bicyclic) bond motifs is 1. The van der Waals surface area contributed by atoms with E-state index < -0.39 is 30.4 Å². The van der Waals surface area contributed by atoms with Crippen molar-refractivity contribution in [2.24, 2.45) is 5.92 Å². The summed E-state index contributed by atoms with van der Waals surface area (Å²) in [6.07, 6.45) is 3.38. The lowest BCUT2D eigenvalue weighted by molar-refractivity contribution is -0.137. The molecule has 13 heteroatoms. The van der Waals surface area contributed by atoms with Gasteiger partial charge >= 0.3 is 6.03 Å². The molecule has 2 aromatic heterocycles. The molecule has 1 saturated heterocycles. The van der Waals surface area contributed by atoms with Gasteiger partial charge in [-0.2, -0.15) is 0 Å². The van der Waals surface area contributed by atoms with Crippen molar-refractivity contribution in [3.63, 3.8) is 0 Å². The number of hydrogen-bond donors (Lipinski definition) is 6. The Hall–Kier alpha value is -4.59. The number of imidazole rings is 1. The summed E-state index contributed by atoms with van der Waals surface area (Å²) in [7, 11) is 0. The van der Waals surface area contributed by atoms with Crippen molar-refractivity contribution in [3.8, 4) is 0 Å². The Kier molecular flexibility index (Phi) is 11.3. The molecule has 0 spiro atoms. The third-order valence-corrected chi connectivity index (χ3v) is 9.44. The van der Waals surface area contributed by atoms with E-state index in [0.29, 0.717) is 48.4 Å². The highest BCUT2D eigenvalue weighted by Gasteiger charge is 2.47. The number of anilines is 1. The predicted molar refractivity (Wildman–Crippen MR) is 185 cm³/mol. The Balaban J connectivity index is 1.25. The summed E-state index contributed by atoms with van der Waals surface area (Å²) >= 11 is 0. The van der Waals surface area contributed by atoms with Crippen molar-refractivity contribution < 1.29 is 24.5 Å². The number of rotatable bonds is 13. The van der Waals surface area contributed by atoms with E-state index in [2.05, 4.69) is 50.5 Å². The van der Waals surface area contributed by atoms with Gasteiger partial charge in [0.15, 0.2) is 35.1 Å². The molecule has 6 rings (SSSR count). The van der Waals surface area contributed by atoms with Crippen LogP contribution in [0.5, 0.6) is 0 Å². The van der Waals surface area contributed by atoms with Gasteiger partial charge in [0.05, 0.1) is 12.9 Å². The van der Waals surface area contributed by atoms with Crippen molar-refractivity contribution in [1.82, 2.24) is 35.5 Å². The van der Waals surface area contributed by atoms with E-state index in [4.69, 9.17) is 14.7 Å². The summed E-state index contributed by atoms with van der Waals surface area (Å²) in [6.45, 7) is 3.21. The van der Waals surface area contributed by atoms with E-state index in [1.54, 1.807) is 6.92 Å². The molecule has 260 valence electrons. The SMILES string of the molecule is CCNC(=O)[C@H]1O[C@@H](n2cnc3c(NCC(c4ccccc4)c4ccccc4)nc(CNC(=O)NCCC4CCCCC4)nc32)[C@H](O)[C@@H]1O. The molecule has 1 aliphatic carbocycles. The molecular weight excluding hydrogens is 624 g/mol. The molecule has 13 nitrogen and oxygen atoms in total. The molecule has 0 unspecified atom stereocenters. The van der Waals surface area contributed by atoms with Crippen LogP contribution in [0.4, 0.5) is 10.6 Å². The maximum atomic E-state index is 12.8. The van der Waals surface area contributed by atoms with E-state index in [9.17, 15) is 19.8 Å². The van der Waals surface area contributed by atoms with Crippen LogP contribution in [-0.4, -0.2) is 79.6 Å². The van der Waals surface area contributed by atoms with Gasteiger partial charge in [0.25, 0.3) is 5.91 Å². The van der Waals surface area contributed by atoms with E-state index in [0.717, 1.165) is 17.5 Å². The van der Waals surface area contributed by atoms with Gasteiger partial charge in [0.2, 0.25) is 0 Å². The van der Waals surface area contributed by atoms with Gasteiger partial charge in [-0.15, -0.1) is 0 Å². The highest BCUT2D eigenvalue weighted by molar-refractivity contribution is 5.84. The number of amides is 3. The second kappa shape index (κ2) is 16.2. The molecule has 2 aliphatic rings. The fraction of sp³-hybridized carbons (Fsp3) is 0.472. The number of carbonyl (C=O) groups excluding carboxylic acids is 2. The second-order valence-corrected chi connectivity index (χ2v) is 12.8. The fourth-order valence-corrected chi connectivity index (χ4v) is 6.82. The number of aromatic nitrogens is 4. The van der Waals surface area contributed by atoms with Gasteiger partial charge < -0.3 is 36.2 Å². The summed E-state index contributed by atoms with van der Waals surface area (Å²) < 4.78 is 7.38. The lowest BCUT2D eigenvalue weighted by atomic mass is 9.87. The first-order chi connectivity index (χ1) is 23.9. The van der Waals surface area contributed by atoms with Crippen LogP contribution in [-0.2, 0) is 16.1 Å². The zero-order chi connectivity index (χ0) is 34.2. The number of ether oxygens (including phenoxy) is 1. The van der Waals surface area contributed by atoms with E-state index in [-0.39, 0.29) is 18.5 Å². The van der Waals surface area contributed by atoms with Crippen LogP contribution in [0, 0.1) is 5.92 Å². The Morgan fingerprint density at radius 3 is 2.29 bits per heavy atom. The number of carbonyl (C=O) groups is 2. The highest BCUT2D eigenvalue weighted by Crippen LogP contribution is 2.33. The molecule has 49 heavy (non-hydrogen) atoms. The molecule has 2 aromatic carbocycles. The Labute approximate surface area is 285 Å². The smallest absolute Gasteiger partial charge is 0.315 e. The Morgan fingerprint density at radius 1 is 0.918 bits per heavy atom.